The fraction of sp³-hybridized carbons (Fsp3) is 1.00. The first-order valence-electron chi connectivity index (χ1n) is 8.13. The third-order valence-corrected chi connectivity index (χ3v) is 6.51. The Hall–Kier alpha value is -0.0400. The Morgan fingerprint density at radius 2 is 1.47 bits per heavy atom. The lowest BCUT2D eigenvalue weighted by molar-refractivity contribution is -0.0985. The van der Waals surface area contributed by atoms with Crippen LogP contribution in [-0.4, -0.2) is 12.7 Å². The van der Waals surface area contributed by atoms with Gasteiger partial charge in [0.05, 0.1) is 5.60 Å². The number of hydrogen-bond donors (Lipinski definition) is 0. The third-order valence-electron chi connectivity index (χ3n) is 6.51. The van der Waals surface area contributed by atoms with Crippen LogP contribution in [0.1, 0.15) is 80.6 Å². The van der Waals surface area contributed by atoms with Crippen LogP contribution in [0.5, 0.6) is 0 Å². The number of methoxy groups -OCH3 is 1. The fourth-order valence-electron chi connectivity index (χ4n) is 3.95. The van der Waals surface area contributed by atoms with Crippen molar-refractivity contribution in [1.82, 2.24) is 0 Å². The molecular formula is C18H36O. The van der Waals surface area contributed by atoms with E-state index in [0.717, 1.165) is 11.8 Å². The SMILES string of the molecule is CCCC(C)(C)C1CCC(C(C)(C)C(C)(C)OC)C1. The predicted octanol–water partition coefficient (Wildman–Crippen LogP) is 5.68. The molecule has 1 saturated carbocycles. The molecule has 0 aromatic heterocycles. The van der Waals surface area contributed by atoms with Gasteiger partial charge in [0.25, 0.3) is 0 Å². The molecule has 0 N–H and O–H groups in total. The van der Waals surface area contributed by atoms with Crippen LogP contribution in [0.15, 0.2) is 0 Å². The van der Waals surface area contributed by atoms with Gasteiger partial charge in [-0.3, -0.25) is 0 Å². The first-order chi connectivity index (χ1) is 8.58. The van der Waals surface area contributed by atoms with E-state index < -0.39 is 0 Å². The molecule has 0 aromatic carbocycles. The molecule has 0 amide bonds. The van der Waals surface area contributed by atoms with Crippen LogP contribution < -0.4 is 0 Å². The van der Waals surface area contributed by atoms with Crippen molar-refractivity contribution in [2.24, 2.45) is 22.7 Å². The first kappa shape index (κ1) is 17.0. The second-order valence-corrected chi connectivity index (χ2v) is 8.38. The summed E-state index contributed by atoms with van der Waals surface area (Å²) in [4.78, 5) is 0. The zero-order valence-corrected chi connectivity index (χ0v) is 14.6. The summed E-state index contributed by atoms with van der Waals surface area (Å²) in [5, 5.41) is 0. The van der Waals surface area contributed by atoms with Crippen molar-refractivity contribution in [2.75, 3.05) is 7.11 Å². The fourth-order valence-corrected chi connectivity index (χ4v) is 3.95. The molecule has 0 aliphatic heterocycles. The van der Waals surface area contributed by atoms with Crippen molar-refractivity contribution in [3.05, 3.63) is 0 Å². The van der Waals surface area contributed by atoms with Gasteiger partial charge >= 0.3 is 0 Å². The van der Waals surface area contributed by atoms with Gasteiger partial charge in [0.2, 0.25) is 0 Å². The van der Waals surface area contributed by atoms with Crippen LogP contribution in [0.3, 0.4) is 0 Å². The molecule has 0 saturated heterocycles. The zero-order valence-electron chi connectivity index (χ0n) is 14.6. The van der Waals surface area contributed by atoms with E-state index in [4.69, 9.17) is 4.74 Å². The molecule has 2 unspecified atom stereocenters. The monoisotopic (exact) mass is 268 g/mol. The minimum absolute atomic E-state index is 0.0402. The molecule has 1 aliphatic rings. The molecule has 1 aliphatic carbocycles. The van der Waals surface area contributed by atoms with Gasteiger partial charge in [-0.25, -0.2) is 0 Å². The summed E-state index contributed by atoms with van der Waals surface area (Å²) in [5.74, 6) is 1.69. The molecule has 0 heterocycles. The highest BCUT2D eigenvalue weighted by molar-refractivity contribution is 4.98. The summed E-state index contributed by atoms with van der Waals surface area (Å²) < 4.78 is 5.78. The lowest BCUT2D eigenvalue weighted by Crippen LogP contribution is -2.45. The van der Waals surface area contributed by atoms with Gasteiger partial charge in [0.1, 0.15) is 0 Å². The average molecular weight is 268 g/mol. The van der Waals surface area contributed by atoms with E-state index >= 15 is 0 Å². The molecule has 19 heavy (non-hydrogen) atoms. The Kier molecular flexibility index (Phi) is 5.15. The molecule has 0 radical (unpaired) electrons. The molecule has 0 spiro atoms. The second-order valence-electron chi connectivity index (χ2n) is 8.38. The summed E-state index contributed by atoms with van der Waals surface area (Å²) in [6.07, 6.45) is 6.82. The third kappa shape index (κ3) is 3.35. The van der Waals surface area contributed by atoms with Crippen molar-refractivity contribution in [3.63, 3.8) is 0 Å². The van der Waals surface area contributed by atoms with Crippen molar-refractivity contribution in [3.8, 4) is 0 Å². The van der Waals surface area contributed by atoms with E-state index in [1.165, 1.54) is 32.1 Å². The van der Waals surface area contributed by atoms with Gasteiger partial charge < -0.3 is 4.74 Å². The van der Waals surface area contributed by atoms with Gasteiger partial charge in [0.15, 0.2) is 0 Å². The smallest absolute Gasteiger partial charge is 0.0676 e. The zero-order chi connectivity index (χ0) is 14.9. The highest BCUT2D eigenvalue weighted by Gasteiger charge is 2.48. The Bertz CT molecular complexity index is 288. The van der Waals surface area contributed by atoms with Crippen LogP contribution in [0.4, 0.5) is 0 Å². The van der Waals surface area contributed by atoms with Crippen molar-refractivity contribution in [1.29, 1.82) is 0 Å². The Balaban J connectivity index is 2.76. The molecule has 2 atom stereocenters. The minimum atomic E-state index is -0.0402. The lowest BCUT2D eigenvalue weighted by atomic mass is 9.65. The molecule has 0 bridgehead atoms. The van der Waals surface area contributed by atoms with E-state index in [-0.39, 0.29) is 11.0 Å². The second kappa shape index (κ2) is 5.76. The molecule has 1 nitrogen and oxygen atoms in total. The predicted molar refractivity (Wildman–Crippen MR) is 84.4 cm³/mol. The number of rotatable bonds is 6. The average Bonchev–Trinajstić information content (AvgIpc) is 2.79. The van der Waals surface area contributed by atoms with Gasteiger partial charge in [0, 0.05) is 7.11 Å². The maximum Gasteiger partial charge on any atom is 0.0676 e. The van der Waals surface area contributed by atoms with E-state index in [0.29, 0.717) is 5.41 Å². The highest BCUT2D eigenvalue weighted by atomic mass is 16.5. The van der Waals surface area contributed by atoms with Crippen molar-refractivity contribution in [2.45, 2.75) is 86.2 Å². The van der Waals surface area contributed by atoms with Crippen LogP contribution in [0, 0.1) is 22.7 Å². The highest BCUT2D eigenvalue weighted by Crippen LogP contribution is 2.53. The molecule has 114 valence electrons. The van der Waals surface area contributed by atoms with Crippen molar-refractivity contribution < 1.29 is 4.74 Å². The standard InChI is InChI=1S/C18H36O/c1-9-12-16(2,3)14-10-11-15(13-14)17(4,5)18(6,7)19-8/h14-15H,9-13H2,1-8H3. The molecule has 0 aromatic rings. The van der Waals surface area contributed by atoms with Crippen molar-refractivity contribution >= 4 is 0 Å². The summed E-state index contributed by atoms with van der Waals surface area (Å²) in [7, 11) is 1.86. The number of hydrogen-bond acceptors (Lipinski definition) is 1. The van der Waals surface area contributed by atoms with E-state index in [9.17, 15) is 0 Å². The summed E-state index contributed by atoms with van der Waals surface area (Å²) in [6, 6.07) is 0. The van der Waals surface area contributed by atoms with Crippen LogP contribution in [0.2, 0.25) is 0 Å². The van der Waals surface area contributed by atoms with Gasteiger partial charge in [-0.2, -0.15) is 0 Å². The van der Waals surface area contributed by atoms with E-state index in [1.807, 2.05) is 7.11 Å². The molecule has 1 rings (SSSR count). The topological polar surface area (TPSA) is 9.23 Å². The van der Waals surface area contributed by atoms with Crippen LogP contribution in [-0.2, 0) is 4.74 Å². The largest absolute Gasteiger partial charge is 0.378 e. The van der Waals surface area contributed by atoms with E-state index in [2.05, 4.69) is 48.5 Å². The first-order valence-corrected chi connectivity index (χ1v) is 8.13. The van der Waals surface area contributed by atoms with Crippen LogP contribution in [0.25, 0.3) is 0 Å². The Morgan fingerprint density at radius 3 is 1.95 bits per heavy atom. The Morgan fingerprint density at radius 1 is 0.947 bits per heavy atom. The maximum atomic E-state index is 5.78. The molecule has 1 fully saturated rings. The normalized spacial score (nSPS) is 25.9. The molecular weight excluding hydrogens is 232 g/mol. The summed E-state index contributed by atoms with van der Waals surface area (Å²) >= 11 is 0. The summed E-state index contributed by atoms with van der Waals surface area (Å²) in [5.41, 5.74) is 0.719. The Labute approximate surface area is 121 Å². The quantitative estimate of drug-likeness (QED) is 0.602. The van der Waals surface area contributed by atoms with Crippen LogP contribution >= 0.6 is 0 Å². The van der Waals surface area contributed by atoms with Gasteiger partial charge in [-0.1, -0.05) is 41.0 Å². The minimum Gasteiger partial charge on any atom is -0.378 e. The van der Waals surface area contributed by atoms with Gasteiger partial charge in [-0.05, 0) is 62.2 Å². The van der Waals surface area contributed by atoms with Gasteiger partial charge in [-0.15, -0.1) is 0 Å². The maximum absolute atomic E-state index is 5.78. The lowest BCUT2D eigenvalue weighted by Gasteiger charge is -2.45. The number of ether oxygens (including phenoxy) is 1. The van der Waals surface area contributed by atoms with E-state index in [1.54, 1.807) is 0 Å². The molecule has 1 heteroatoms. The summed E-state index contributed by atoms with van der Waals surface area (Å²) in [6.45, 7) is 16.5.